The van der Waals surface area contributed by atoms with Crippen molar-refractivity contribution < 1.29 is 26.0 Å². The van der Waals surface area contributed by atoms with Crippen molar-refractivity contribution in [3.63, 3.8) is 0 Å². The summed E-state index contributed by atoms with van der Waals surface area (Å²) in [6.07, 6.45) is 10.1. The minimum atomic E-state index is 0. The van der Waals surface area contributed by atoms with Crippen LogP contribution in [0.15, 0.2) is 77.7 Å². The molecule has 0 atom stereocenters. The molecule has 31 heavy (non-hydrogen) atoms. The minimum absolute atomic E-state index is 0. The number of rotatable bonds is 7. The van der Waals surface area contributed by atoms with Gasteiger partial charge in [-0.2, -0.15) is 4.57 Å². The Labute approximate surface area is 198 Å². The quantitative estimate of drug-likeness (QED) is 0.291. The van der Waals surface area contributed by atoms with E-state index in [1.165, 1.54) is 20.9 Å². The number of anilines is 1. The monoisotopic (exact) mass is 492 g/mol. The maximum absolute atomic E-state index is 5.96. The molecule has 158 valence electrons. The molecule has 2 heterocycles. The van der Waals surface area contributed by atoms with E-state index in [1.54, 1.807) is 11.3 Å². The van der Waals surface area contributed by atoms with Crippen molar-refractivity contribution in [2.45, 2.75) is 6.54 Å². The third-order valence-corrected chi connectivity index (χ3v) is 5.97. The lowest BCUT2D eigenvalue weighted by atomic mass is 10.2. The number of hydrogen-bond donors (Lipinski definition) is 0. The second-order valence-corrected chi connectivity index (χ2v) is 8.26. The molecule has 0 bridgehead atoms. The van der Waals surface area contributed by atoms with Crippen molar-refractivity contribution in [2.75, 3.05) is 19.0 Å². The van der Waals surface area contributed by atoms with Crippen LogP contribution in [0.3, 0.4) is 0 Å². The zero-order valence-electron chi connectivity index (χ0n) is 17.7. The van der Waals surface area contributed by atoms with Gasteiger partial charge in [0.05, 0.1) is 0 Å². The fourth-order valence-corrected chi connectivity index (χ4v) is 4.33. The molecule has 0 fully saturated rings. The van der Waals surface area contributed by atoms with Crippen LogP contribution < -0.4 is 26.4 Å². The molecular formula is C26H25BrN2OS. The fourth-order valence-electron chi connectivity index (χ4n) is 3.26. The molecule has 0 saturated carbocycles. The molecule has 0 radical (unpaired) electrons. The van der Waals surface area contributed by atoms with Gasteiger partial charge in [0, 0.05) is 31.9 Å². The third-order valence-electron chi connectivity index (χ3n) is 4.84. The number of aromatic nitrogens is 1. The summed E-state index contributed by atoms with van der Waals surface area (Å²) >= 11 is 1.77. The lowest BCUT2D eigenvalue weighted by molar-refractivity contribution is -0.658. The summed E-state index contributed by atoms with van der Waals surface area (Å²) in [5, 5.41) is 1.17. The number of benzene rings is 2. The molecule has 0 amide bonds. The van der Waals surface area contributed by atoms with Gasteiger partial charge in [-0.05, 0) is 54.1 Å². The zero-order valence-corrected chi connectivity index (χ0v) is 20.1. The van der Waals surface area contributed by atoms with E-state index in [4.69, 9.17) is 4.42 Å². The maximum atomic E-state index is 5.96. The van der Waals surface area contributed by atoms with Gasteiger partial charge < -0.3 is 26.3 Å². The maximum Gasteiger partial charge on any atom is 0.263 e. The van der Waals surface area contributed by atoms with Gasteiger partial charge in [0.15, 0.2) is 6.54 Å². The van der Waals surface area contributed by atoms with Crippen LogP contribution in [0.2, 0.25) is 0 Å². The zero-order chi connectivity index (χ0) is 20.9. The first kappa shape index (κ1) is 22.8. The average molecular weight is 493 g/mol. The topological polar surface area (TPSA) is 20.3 Å². The highest BCUT2D eigenvalue weighted by atomic mass is 79.9. The molecule has 0 N–H and O–H groups in total. The summed E-state index contributed by atoms with van der Waals surface area (Å²) in [6.45, 7) is 4.68. The van der Waals surface area contributed by atoms with Crippen LogP contribution >= 0.6 is 11.3 Å². The Balaban J connectivity index is 0.00000272. The van der Waals surface area contributed by atoms with Crippen molar-refractivity contribution in [3.8, 4) is 0 Å². The van der Waals surface area contributed by atoms with Gasteiger partial charge in [0.2, 0.25) is 5.52 Å². The highest BCUT2D eigenvalue weighted by Gasteiger charge is 2.16. The second kappa shape index (κ2) is 10.4. The molecule has 3 nitrogen and oxygen atoms in total. The van der Waals surface area contributed by atoms with E-state index in [1.807, 2.05) is 44.5 Å². The van der Waals surface area contributed by atoms with E-state index in [-0.39, 0.29) is 17.0 Å². The predicted octanol–water partition coefficient (Wildman–Crippen LogP) is 3.38. The van der Waals surface area contributed by atoms with Crippen molar-refractivity contribution >= 4 is 51.5 Å². The van der Waals surface area contributed by atoms with Crippen LogP contribution in [-0.2, 0) is 6.54 Å². The number of halogens is 1. The van der Waals surface area contributed by atoms with E-state index >= 15 is 0 Å². The van der Waals surface area contributed by atoms with Gasteiger partial charge >= 0.3 is 0 Å². The molecule has 4 rings (SSSR count). The van der Waals surface area contributed by atoms with Crippen LogP contribution in [0.1, 0.15) is 22.1 Å². The average Bonchev–Trinajstić information content (AvgIpc) is 3.36. The third kappa shape index (κ3) is 5.43. The summed E-state index contributed by atoms with van der Waals surface area (Å²) in [5.41, 5.74) is 3.56. The highest BCUT2D eigenvalue weighted by molar-refractivity contribution is 7.18. The Morgan fingerprint density at radius 3 is 2.26 bits per heavy atom. The molecule has 2 aromatic heterocycles. The first-order valence-electron chi connectivity index (χ1n) is 9.90. The van der Waals surface area contributed by atoms with Gasteiger partial charge in [0.1, 0.15) is 16.2 Å². The number of nitrogens with zero attached hydrogens (tertiary/aromatic N) is 2. The second-order valence-electron chi connectivity index (χ2n) is 7.20. The largest absolute Gasteiger partial charge is 1.00 e. The Morgan fingerprint density at radius 1 is 0.903 bits per heavy atom. The van der Waals surface area contributed by atoms with Crippen LogP contribution in [-0.4, -0.2) is 14.1 Å². The van der Waals surface area contributed by atoms with E-state index in [0.29, 0.717) is 0 Å². The normalized spacial score (nSPS) is 11.3. The predicted molar refractivity (Wildman–Crippen MR) is 130 cm³/mol. The Bertz CT molecular complexity index is 1220. The lowest BCUT2D eigenvalue weighted by Gasteiger charge is -2.11. The molecule has 0 saturated heterocycles. The molecule has 4 aromatic rings. The smallest absolute Gasteiger partial charge is 0.263 e. The first-order valence-corrected chi connectivity index (χ1v) is 10.7. The number of thiazole rings is 1. The summed E-state index contributed by atoms with van der Waals surface area (Å²) < 4.78 is 9.49. The SMILES string of the molecule is C=CC[n+]1c(/C=C/c2ccc(/C=C/c3ccc(N(C)C)cc3)o2)sc2ccccc21.[Br-]. The van der Waals surface area contributed by atoms with Gasteiger partial charge in [-0.3, -0.25) is 0 Å². The van der Waals surface area contributed by atoms with Crippen LogP contribution in [0.5, 0.6) is 0 Å². The van der Waals surface area contributed by atoms with E-state index in [2.05, 4.69) is 76.7 Å². The fraction of sp³-hybridized carbons (Fsp3) is 0.115. The lowest BCUT2D eigenvalue weighted by Crippen LogP contribution is -3.00. The summed E-state index contributed by atoms with van der Waals surface area (Å²) in [6, 6.07) is 20.9. The highest BCUT2D eigenvalue weighted by Crippen LogP contribution is 2.23. The van der Waals surface area contributed by atoms with E-state index in [9.17, 15) is 0 Å². The Morgan fingerprint density at radius 2 is 1.58 bits per heavy atom. The number of hydrogen-bond acceptors (Lipinski definition) is 3. The molecule has 0 aliphatic carbocycles. The van der Waals surface area contributed by atoms with Crippen molar-refractivity contribution in [3.05, 3.63) is 95.4 Å². The van der Waals surface area contributed by atoms with Crippen LogP contribution in [0.25, 0.3) is 34.5 Å². The minimum Gasteiger partial charge on any atom is -1.00 e. The first-order chi connectivity index (χ1) is 14.6. The Hall–Kier alpha value is -2.89. The summed E-state index contributed by atoms with van der Waals surface area (Å²) in [4.78, 5) is 2.09. The van der Waals surface area contributed by atoms with Gasteiger partial charge in [-0.15, -0.1) is 0 Å². The number of allylic oxidation sites excluding steroid dienone is 1. The van der Waals surface area contributed by atoms with E-state index in [0.717, 1.165) is 23.6 Å². The number of furan rings is 1. The van der Waals surface area contributed by atoms with Gasteiger partial charge in [-0.25, -0.2) is 0 Å². The Kier molecular flexibility index (Phi) is 7.66. The van der Waals surface area contributed by atoms with E-state index < -0.39 is 0 Å². The summed E-state index contributed by atoms with van der Waals surface area (Å²) in [5.74, 6) is 1.67. The number of fused-ring (bicyclic) bond motifs is 1. The standard InChI is InChI=1S/C26H25N2OS.BrH/c1-4-19-28-24-7-5-6-8-25(24)30-26(28)18-17-23-16-15-22(29-23)14-11-20-9-12-21(13-10-20)27(2)3;/h4-18H,1,19H2,2-3H3;1H/q+1;/p-1. The number of para-hydroxylation sites is 1. The molecule has 5 heteroatoms. The molecule has 0 aliphatic rings. The van der Waals surface area contributed by atoms with Crippen LogP contribution in [0, 0.1) is 0 Å². The van der Waals surface area contributed by atoms with Crippen molar-refractivity contribution in [1.29, 1.82) is 0 Å². The molecule has 0 unspecified atom stereocenters. The van der Waals surface area contributed by atoms with Crippen molar-refractivity contribution in [1.82, 2.24) is 0 Å². The van der Waals surface area contributed by atoms with Gasteiger partial charge in [-0.1, -0.05) is 48.3 Å². The van der Waals surface area contributed by atoms with Gasteiger partial charge in [0.25, 0.3) is 5.01 Å². The molecule has 0 aliphatic heterocycles. The van der Waals surface area contributed by atoms with Crippen LogP contribution in [0.4, 0.5) is 5.69 Å². The summed E-state index contributed by atoms with van der Waals surface area (Å²) in [7, 11) is 4.08. The molecular weight excluding hydrogens is 468 g/mol. The molecule has 0 spiro atoms. The molecule has 2 aromatic carbocycles. The van der Waals surface area contributed by atoms with Crippen molar-refractivity contribution in [2.24, 2.45) is 0 Å².